The molecule has 1 aromatic heterocycles. The normalized spacial score (nSPS) is 11.2. The molecule has 0 bridgehead atoms. The Kier molecular flexibility index (Phi) is 7.63. The number of fused-ring (bicyclic) bond motifs is 1. The average Bonchev–Trinajstić information content (AvgIpc) is 3.23. The number of methoxy groups -OCH3 is 1. The van der Waals surface area contributed by atoms with Crippen LogP contribution in [0.1, 0.15) is 27.2 Å². The van der Waals surface area contributed by atoms with Gasteiger partial charge in [0.15, 0.2) is 0 Å². The Morgan fingerprint density at radius 2 is 1.81 bits per heavy atom. The molecule has 0 aliphatic heterocycles. The summed E-state index contributed by atoms with van der Waals surface area (Å²) in [6.45, 7) is 2.31. The number of carbonyl (C=O) groups is 2. The van der Waals surface area contributed by atoms with Crippen molar-refractivity contribution in [1.82, 2.24) is 15.6 Å². The van der Waals surface area contributed by atoms with Crippen molar-refractivity contribution in [1.29, 1.82) is 0 Å². The van der Waals surface area contributed by atoms with E-state index < -0.39 is 16.7 Å². The fraction of sp³-hybridized carbons (Fsp3) is 0.143. The Morgan fingerprint density at radius 1 is 1.05 bits per heavy atom. The number of hydrogen-bond donors (Lipinski definition) is 3. The van der Waals surface area contributed by atoms with Gasteiger partial charge in [-0.05, 0) is 60.9 Å². The van der Waals surface area contributed by atoms with Gasteiger partial charge in [0, 0.05) is 40.8 Å². The molecule has 0 saturated heterocycles. The van der Waals surface area contributed by atoms with Gasteiger partial charge >= 0.3 is 0 Å². The Hall–Kier alpha value is -4.92. The fourth-order valence-corrected chi connectivity index (χ4v) is 4.04. The molecule has 0 aliphatic carbocycles. The number of carbonyl (C=O) groups excluding carboxylic acids is 2. The highest BCUT2D eigenvalue weighted by molar-refractivity contribution is 6.05. The maximum atomic E-state index is 13.2. The lowest BCUT2D eigenvalue weighted by atomic mass is 10.1. The zero-order chi connectivity index (χ0) is 26.4. The van der Waals surface area contributed by atoms with Crippen LogP contribution in [0.3, 0.4) is 0 Å². The van der Waals surface area contributed by atoms with Gasteiger partial charge in [0.05, 0.1) is 12.0 Å². The molecule has 3 N–H and O–H groups in total. The Labute approximate surface area is 213 Å². The second-order valence-electron chi connectivity index (χ2n) is 8.37. The maximum absolute atomic E-state index is 13.2. The summed E-state index contributed by atoms with van der Waals surface area (Å²) in [5.74, 6) is -0.415. The lowest BCUT2D eigenvalue weighted by Gasteiger charge is -2.12. The van der Waals surface area contributed by atoms with E-state index in [-0.39, 0.29) is 11.4 Å². The number of hydrogen-bond acceptors (Lipinski definition) is 5. The topological polar surface area (TPSA) is 126 Å². The summed E-state index contributed by atoms with van der Waals surface area (Å²) in [6.07, 6.45) is 2.00. The lowest BCUT2D eigenvalue weighted by molar-refractivity contribution is -0.384. The van der Waals surface area contributed by atoms with Gasteiger partial charge in [-0.15, -0.1) is 0 Å². The molecule has 3 aromatic carbocycles. The predicted molar refractivity (Wildman–Crippen MR) is 141 cm³/mol. The first kappa shape index (κ1) is 25.2. The highest BCUT2D eigenvalue weighted by Gasteiger charge is 2.16. The molecule has 4 aromatic rings. The second-order valence-corrected chi connectivity index (χ2v) is 8.37. The van der Waals surface area contributed by atoms with Gasteiger partial charge in [-0.25, -0.2) is 0 Å². The maximum Gasteiger partial charge on any atom is 0.270 e. The zero-order valence-electron chi connectivity index (χ0n) is 20.4. The van der Waals surface area contributed by atoms with Crippen molar-refractivity contribution in [3.63, 3.8) is 0 Å². The molecule has 0 radical (unpaired) electrons. The van der Waals surface area contributed by atoms with Crippen LogP contribution >= 0.6 is 0 Å². The molecule has 4 rings (SSSR count). The highest BCUT2D eigenvalue weighted by atomic mass is 16.6. The number of aryl methyl sites for hydroxylation is 1. The molecule has 9 heteroatoms. The Morgan fingerprint density at radius 3 is 2.54 bits per heavy atom. The third-order valence-electron chi connectivity index (χ3n) is 5.92. The average molecular weight is 499 g/mol. The number of nitrogens with one attached hydrogen (secondary N) is 3. The van der Waals surface area contributed by atoms with Crippen LogP contribution in [0, 0.1) is 17.0 Å². The first-order chi connectivity index (χ1) is 17.9. The monoisotopic (exact) mass is 498 g/mol. The first-order valence-corrected chi connectivity index (χ1v) is 11.6. The van der Waals surface area contributed by atoms with E-state index in [1.807, 2.05) is 31.2 Å². The standard InChI is InChI=1S/C28H26N4O5/c1-18-23(24-8-3-4-9-25(24)30-18)14-15-29-28(34)26(17-19-6-5-7-21(16-19)32(35)36)31-27(33)20-10-12-22(37-2)13-11-20/h3-13,16-17,30H,14-15H2,1-2H3,(H,29,34)(H,31,33). The fourth-order valence-electron chi connectivity index (χ4n) is 4.04. The molecule has 188 valence electrons. The molecular weight excluding hydrogens is 472 g/mol. The summed E-state index contributed by atoms with van der Waals surface area (Å²) in [5.41, 5.74) is 3.73. The summed E-state index contributed by atoms with van der Waals surface area (Å²) in [5, 5.41) is 17.8. The van der Waals surface area contributed by atoms with E-state index in [9.17, 15) is 19.7 Å². The van der Waals surface area contributed by atoms with Crippen LogP contribution in [0.15, 0.2) is 78.5 Å². The summed E-state index contributed by atoms with van der Waals surface area (Å²) in [4.78, 5) is 40.1. The SMILES string of the molecule is COc1ccc(C(=O)NC(=Cc2cccc([N+](=O)[O-])c2)C(=O)NCCc2c(C)[nH]c3ccccc23)cc1. The molecule has 0 fully saturated rings. The number of H-pyrrole nitrogens is 1. The van der Waals surface area contributed by atoms with Gasteiger partial charge in [-0.2, -0.15) is 0 Å². The number of nitro benzene ring substituents is 1. The minimum absolute atomic E-state index is 0.0306. The number of non-ortho nitro benzene ring substituents is 1. The van der Waals surface area contributed by atoms with Gasteiger partial charge in [-0.3, -0.25) is 19.7 Å². The molecule has 0 spiro atoms. The zero-order valence-corrected chi connectivity index (χ0v) is 20.4. The minimum Gasteiger partial charge on any atom is -0.497 e. The number of ether oxygens (including phenoxy) is 1. The Balaban J connectivity index is 1.54. The van der Waals surface area contributed by atoms with Gasteiger partial charge in [0.2, 0.25) is 0 Å². The van der Waals surface area contributed by atoms with E-state index in [0.717, 1.165) is 22.2 Å². The van der Waals surface area contributed by atoms with Crippen molar-refractivity contribution in [2.75, 3.05) is 13.7 Å². The van der Waals surface area contributed by atoms with Crippen LogP contribution in [0.2, 0.25) is 0 Å². The van der Waals surface area contributed by atoms with E-state index in [1.165, 1.54) is 31.4 Å². The number of rotatable bonds is 9. The molecule has 1 heterocycles. The smallest absolute Gasteiger partial charge is 0.270 e. The van der Waals surface area contributed by atoms with E-state index >= 15 is 0 Å². The van der Waals surface area contributed by atoms with Crippen molar-refractivity contribution >= 4 is 34.5 Å². The highest BCUT2D eigenvalue weighted by Crippen LogP contribution is 2.22. The minimum atomic E-state index is -0.517. The van der Waals surface area contributed by atoms with Crippen LogP contribution in [0.5, 0.6) is 5.75 Å². The second kappa shape index (κ2) is 11.2. The van der Waals surface area contributed by atoms with Crippen LogP contribution in [-0.2, 0) is 11.2 Å². The summed E-state index contributed by atoms with van der Waals surface area (Å²) >= 11 is 0. The van der Waals surface area contributed by atoms with E-state index in [2.05, 4.69) is 15.6 Å². The largest absolute Gasteiger partial charge is 0.497 e. The van der Waals surface area contributed by atoms with Gasteiger partial charge in [0.25, 0.3) is 17.5 Å². The van der Waals surface area contributed by atoms with Crippen LogP contribution < -0.4 is 15.4 Å². The first-order valence-electron chi connectivity index (χ1n) is 11.6. The summed E-state index contributed by atoms with van der Waals surface area (Å²) in [6, 6.07) is 20.2. The van der Waals surface area contributed by atoms with Crippen LogP contribution in [0.4, 0.5) is 5.69 Å². The molecular formula is C28H26N4O5. The molecule has 0 aliphatic rings. The Bertz CT molecular complexity index is 1490. The van der Waals surface area contributed by atoms with Crippen LogP contribution in [0.25, 0.3) is 17.0 Å². The van der Waals surface area contributed by atoms with E-state index in [0.29, 0.717) is 29.8 Å². The molecule has 9 nitrogen and oxygen atoms in total. The van der Waals surface area contributed by atoms with Gasteiger partial charge < -0.3 is 20.4 Å². The summed E-state index contributed by atoms with van der Waals surface area (Å²) < 4.78 is 5.12. The number of aromatic amines is 1. The quantitative estimate of drug-likeness (QED) is 0.178. The van der Waals surface area contributed by atoms with E-state index in [4.69, 9.17) is 4.74 Å². The molecule has 0 atom stereocenters. The third-order valence-corrected chi connectivity index (χ3v) is 5.92. The lowest BCUT2D eigenvalue weighted by Crippen LogP contribution is -2.35. The number of amides is 2. The number of para-hydroxylation sites is 1. The van der Waals surface area contributed by atoms with Crippen LogP contribution in [-0.4, -0.2) is 35.4 Å². The number of nitrogens with zero attached hydrogens (tertiary/aromatic N) is 1. The van der Waals surface area contributed by atoms with Crippen molar-refractivity contribution in [2.45, 2.75) is 13.3 Å². The number of aromatic nitrogens is 1. The van der Waals surface area contributed by atoms with Crippen molar-refractivity contribution in [3.05, 3.63) is 111 Å². The molecule has 37 heavy (non-hydrogen) atoms. The van der Waals surface area contributed by atoms with Gasteiger partial charge in [0.1, 0.15) is 11.4 Å². The predicted octanol–water partition coefficient (Wildman–Crippen LogP) is 4.52. The van der Waals surface area contributed by atoms with E-state index in [1.54, 1.807) is 30.3 Å². The van der Waals surface area contributed by atoms with Crippen molar-refractivity contribution in [2.24, 2.45) is 0 Å². The van der Waals surface area contributed by atoms with Crippen molar-refractivity contribution < 1.29 is 19.2 Å². The number of nitro groups is 1. The molecule has 0 unspecified atom stereocenters. The van der Waals surface area contributed by atoms with Gasteiger partial charge in [-0.1, -0.05) is 30.3 Å². The summed E-state index contributed by atoms with van der Waals surface area (Å²) in [7, 11) is 1.52. The molecule has 0 saturated carbocycles. The number of benzene rings is 3. The third kappa shape index (κ3) is 6.02. The van der Waals surface area contributed by atoms with Crippen molar-refractivity contribution in [3.8, 4) is 5.75 Å². The molecule has 2 amide bonds.